The van der Waals surface area contributed by atoms with Gasteiger partial charge >= 0.3 is 6.03 Å². The molecule has 1 aromatic carbocycles. The number of rotatable bonds is 6. The average Bonchev–Trinajstić information content (AvgIpc) is 3.13. The van der Waals surface area contributed by atoms with Crippen molar-refractivity contribution in [1.29, 1.82) is 0 Å². The van der Waals surface area contributed by atoms with Crippen LogP contribution < -0.4 is 10.6 Å². The minimum atomic E-state index is -0.304. The number of ether oxygens (including phenoxy) is 1. The van der Waals surface area contributed by atoms with E-state index in [1.54, 1.807) is 17.3 Å². The summed E-state index contributed by atoms with van der Waals surface area (Å²) in [4.78, 5) is 26.5. The quantitative estimate of drug-likeness (QED) is 0.798. The minimum absolute atomic E-state index is 0.00801. The fourth-order valence-electron chi connectivity index (χ4n) is 3.17. The molecule has 0 aliphatic carbocycles. The van der Waals surface area contributed by atoms with Gasteiger partial charge in [0, 0.05) is 19.3 Å². The Morgan fingerprint density at radius 2 is 1.89 bits per heavy atom. The lowest BCUT2D eigenvalue weighted by molar-refractivity contribution is -0.136. The van der Waals surface area contributed by atoms with Gasteiger partial charge < -0.3 is 20.3 Å². The fraction of sp³-hybridized carbons (Fsp3) is 0.450. The van der Waals surface area contributed by atoms with Gasteiger partial charge in [-0.1, -0.05) is 44.2 Å². The Bertz CT molecular complexity index is 784. The number of aromatic nitrogens is 2. The van der Waals surface area contributed by atoms with Crippen molar-refractivity contribution in [3.05, 3.63) is 48.3 Å². The number of urea groups is 1. The second-order valence-corrected chi connectivity index (χ2v) is 7.15. The number of morpholine rings is 1. The molecule has 1 aliphatic rings. The second kappa shape index (κ2) is 9.36. The van der Waals surface area contributed by atoms with Crippen molar-refractivity contribution in [3.63, 3.8) is 0 Å². The molecule has 3 rings (SSSR count). The van der Waals surface area contributed by atoms with Crippen molar-refractivity contribution in [2.75, 3.05) is 31.6 Å². The molecule has 0 spiro atoms. The molecule has 2 aromatic rings. The topological polar surface area (TPSA) is 88.5 Å². The summed E-state index contributed by atoms with van der Waals surface area (Å²) in [5.74, 6) is 0.230. The molecule has 0 radical (unpaired) electrons. The van der Waals surface area contributed by atoms with Crippen LogP contribution in [0.2, 0.25) is 0 Å². The summed E-state index contributed by atoms with van der Waals surface area (Å²) < 4.78 is 6.79. The Labute approximate surface area is 164 Å². The highest BCUT2D eigenvalue weighted by Crippen LogP contribution is 2.21. The van der Waals surface area contributed by atoms with Crippen LogP contribution in [0.3, 0.4) is 0 Å². The summed E-state index contributed by atoms with van der Waals surface area (Å²) in [5, 5.41) is 9.97. The molecule has 0 saturated carbocycles. The lowest BCUT2D eigenvalue weighted by Crippen LogP contribution is -2.42. The molecule has 0 bridgehead atoms. The highest BCUT2D eigenvalue weighted by Gasteiger charge is 2.19. The predicted molar refractivity (Wildman–Crippen MR) is 106 cm³/mol. The monoisotopic (exact) mass is 385 g/mol. The Morgan fingerprint density at radius 1 is 1.18 bits per heavy atom. The zero-order valence-corrected chi connectivity index (χ0v) is 16.3. The molecule has 1 aromatic heterocycles. The summed E-state index contributed by atoms with van der Waals surface area (Å²) in [6.07, 6.45) is 3.20. The summed E-state index contributed by atoms with van der Waals surface area (Å²) in [7, 11) is 0. The Hall–Kier alpha value is -2.87. The number of hydrogen-bond acceptors (Lipinski definition) is 4. The summed E-state index contributed by atoms with van der Waals surface area (Å²) in [5.41, 5.74) is 1.60. The third-order valence-corrected chi connectivity index (χ3v) is 4.66. The molecule has 1 aliphatic heterocycles. The van der Waals surface area contributed by atoms with Gasteiger partial charge in [0.15, 0.2) is 0 Å². The number of carbonyl (C=O) groups is 2. The van der Waals surface area contributed by atoms with Crippen molar-refractivity contribution >= 4 is 17.6 Å². The third-order valence-electron chi connectivity index (χ3n) is 4.66. The molecule has 1 saturated heterocycles. The maximum Gasteiger partial charge on any atom is 0.319 e. The van der Waals surface area contributed by atoms with E-state index in [2.05, 4.69) is 29.6 Å². The van der Waals surface area contributed by atoms with Crippen LogP contribution in [-0.2, 0) is 16.1 Å². The van der Waals surface area contributed by atoms with E-state index in [9.17, 15) is 9.59 Å². The van der Waals surface area contributed by atoms with E-state index in [4.69, 9.17) is 4.74 Å². The van der Waals surface area contributed by atoms with Crippen molar-refractivity contribution in [2.45, 2.75) is 26.4 Å². The first kappa shape index (κ1) is 19.9. The van der Waals surface area contributed by atoms with Gasteiger partial charge in [-0.2, -0.15) is 5.10 Å². The fourth-order valence-corrected chi connectivity index (χ4v) is 3.17. The standard InChI is InChI=1S/C20H27N5O3/c1-15(2)19(16-6-4-3-5-7-16)23-20(27)22-17-12-21-25(13-17)14-18(26)24-8-10-28-11-9-24/h3-7,12-13,15,19H,8-11,14H2,1-2H3,(H2,22,23,27)/t19-/m0/s1. The van der Waals surface area contributed by atoms with Gasteiger partial charge in [0.05, 0.1) is 31.1 Å². The van der Waals surface area contributed by atoms with E-state index < -0.39 is 0 Å². The zero-order valence-electron chi connectivity index (χ0n) is 16.3. The normalized spacial score (nSPS) is 15.3. The number of hydrogen-bond donors (Lipinski definition) is 2. The largest absolute Gasteiger partial charge is 0.378 e. The van der Waals surface area contributed by atoms with Crippen molar-refractivity contribution < 1.29 is 14.3 Å². The zero-order chi connectivity index (χ0) is 19.9. The van der Waals surface area contributed by atoms with Gasteiger partial charge in [0.1, 0.15) is 6.54 Å². The van der Waals surface area contributed by atoms with Crippen molar-refractivity contribution in [3.8, 4) is 0 Å². The maximum absolute atomic E-state index is 12.4. The van der Waals surface area contributed by atoms with Crippen LogP contribution in [0, 0.1) is 5.92 Å². The third kappa shape index (κ3) is 5.32. The molecular formula is C20H27N5O3. The molecule has 2 N–H and O–H groups in total. The van der Waals surface area contributed by atoms with Crippen molar-refractivity contribution in [1.82, 2.24) is 20.0 Å². The molecule has 28 heavy (non-hydrogen) atoms. The predicted octanol–water partition coefficient (Wildman–Crippen LogP) is 2.26. The van der Waals surface area contributed by atoms with Gasteiger partial charge in [-0.15, -0.1) is 0 Å². The van der Waals surface area contributed by atoms with Crippen LogP contribution in [0.5, 0.6) is 0 Å². The number of nitrogens with one attached hydrogen (secondary N) is 2. The number of anilines is 1. The molecule has 1 atom stereocenters. The van der Waals surface area contributed by atoms with Crippen LogP contribution in [0.15, 0.2) is 42.7 Å². The smallest absolute Gasteiger partial charge is 0.319 e. The van der Waals surface area contributed by atoms with E-state index in [0.717, 1.165) is 5.56 Å². The molecular weight excluding hydrogens is 358 g/mol. The number of benzene rings is 1. The molecule has 0 unspecified atom stereocenters. The summed E-state index contributed by atoms with van der Waals surface area (Å²) in [6.45, 7) is 6.60. The number of carbonyl (C=O) groups excluding carboxylic acids is 2. The minimum Gasteiger partial charge on any atom is -0.378 e. The van der Waals surface area contributed by atoms with E-state index >= 15 is 0 Å². The highest BCUT2D eigenvalue weighted by molar-refractivity contribution is 5.89. The maximum atomic E-state index is 12.4. The molecule has 3 amide bonds. The molecule has 2 heterocycles. The van der Waals surface area contributed by atoms with Gasteiger partial charge in [0.2, 0.25) is 5.91 Å². The first-order valence-electron chi connectivity index (χ1n) is 9.53. The van der Waals surface area contributed by atoms with Crippen molar-refractivity contribution in [2.24, 2.45) is 5.92 Å². The van der Waals surface area contributed by atoms with Crippen LogP contribution >= 0.6 is 0 Å². The molecule has 1 fully saturated rings. The Balaban J connectivity index is 1.55. The van der Waals surface area contributed by atoms with Gasteiger partial charge in [-0.05, 0) is 11.5 Å². The average molecular weight is 385 g/mol. The van der Waals surface area contributed by atoms with Crippen LogP contribution in [-0.4, -0.2) is 52.9 Å². The summed E-state index contributed by atoms with van der Waals surface area (Å²) in [6, 6.07) is 9.47. The van der Waals surface area contributed by atoms with E-state index in [1.165, 1.54) is 4.68 Å². The van der Waals surface area contributed by atoms with Crippen LogP contribution in [0.25, 0.3) is 0 Å². The molecule has 8 nitrogen and oxygen atoms in total. The first-order valence-corrected chi connectivity index (χ1v) is 9.53. The van der Waals surface area contributed by atoms with E-state index in [0.29, 0.717) is 32.0 Å². The Morgan fingerprint density at radius 3 is 2.57 bits per heavy atom. The van der Waals surface area contributed by atoms with E-state index in [-0.39, 0.29) is 30.4 Å². The first-order chi connectivity index (χ1) is 13.5. The lowest BCUT2D eigenvalue weighted by Gasteiger charge is -2.26. The molecule has 8 heteroatoms. The lowest BCUT2D eigenvalue weighted by atomic mass is 9.96. The van der Waals surface area contributed by atoms with Gasteiger partial charge in [-0.25, -0.2) is 4.79 Å². The van der Waals surface area contributed by atoms with Gasteiger partial charge in [-0.3, -0.25) is 9.48 Å². The van der Waals surface area contributed by atoms with Crippen LogP contribution in [0.4, 0.5) is 10.5 Å². The summed E-state index contributed by atoms with van der Waals surface area (Å²) >= 11 is 0. The Kier molecular flexibility index (Phi) is 6.65. The molecule has 150 valence electrons. The second-order valence-electron chi connectivity index (χ2n) is 7.15. The SMILES string of the molecule is CC(C)[C@H](NC(=O)Nc1cnn(CC(=O)N2CCOCC2)c1)c1ccccc1. The number of nitrogens with zero attached hydrogens (tertiary/aromatic N) is 3. The number of amides is 3. The van der Waals surface area contributed by atoms with Crippen LogP contribution in [0.1, 0.15) is 25.5 Å². The highest BCUT2D eigenvalue weighted by atomic mass is 16.5. The van der Waals surface area contributed by atoms with Gasteiger partial charge in [0.25, 0.3) is 0 Å². The van der Waals surface area contributed by atoms with E-state index in [1.807, 2.05) is 30.3 Å².